The smallest absolute Gasteiger partial charge is 0.291 e. The molecule has 0 saturated heterocycles. The van der Waals surface area contributed by atoms with E-state index in [4.69, 9.17) is 39.8 Å². The highest BCUT2D eigenvalue weighted by Crippen LogP contribution is 2.32. The molecule has 148 valence electrons. The van der Waals surface area contributed by atoms with Crippen LogP contribution < -0.4 is 16.0 Å². The van der Waals surface area contributed by atoms with Gasteiger partial charge >= 0.3 is 0 Å². The third-order valence-electron chi connectivity index (χ3n) is 3.71. The largest absolute Gasteiger partial charge is 0.451 e. The number of anilines is 2. The van der Waals surface area contributed by atoms with Gasteiger partial charge in [-0.15, -0.1) is 0 Å². The van der Waals surface area contributed by atoms with Gasteiger partial charge in [-0.25, -0.2) is 0 Å². The van der Waals surface area contributed by atoms with Crippen LogP contribution in [0.15, 0.2) is 59.0 Å². The van der Waals surface area contributed by atoms with E-state index < -0.39 is 5.91 Å². The minimum absolute atomic E-state index is 0.130. The number of halogens is 2. The normalized spacial score (nSPS) is 10.3. The molecule has 0 saturated carbocycles. The van der Waals surface area contributed by atoms with E-state index in [1.165, 1.54) is 6.92 Å². The highest BCUT2D eigenvalue weighted by molar-refractivity contribution is 7.80. The first-order chi connectivity index (χ1) is 13.8. The zero-order chi connectivity index (χ0) is 21.0. The topological polar surface area (TPSA) is 83.4 Å². The Bertz CT molecular complexity index is 1080. The van der Waals surface area contributed by atoms with E-state index in [0.29, 0.717) is 32.7 Å². The molecule has 0 spiro atoms. The van der Waals surface area contributed by atoms with Crippen molar-refractivity contribution in [1.82, 2.24) is 5.32 Å². The minimum atomic E-state index is -0.413. The van der Waals surface area contributed by atoms with Crippen molar-refractivity contribution in [2.24, 2.45) is 0 Å². The lowest BCUT2D eigenvalue weighted by molar-refractivity contribution is -0.117. The van der Waals surface area contributed by atoms with Crippen molar-refractivity contribution in [3.63, 3.8) is 0 Å². The van der Waals surface area contributed by atoms with Crippen LogP contribution in [-0.2, 0) is 4.79 Å². The summed E-state index contributed by atoms with van der Waals surface area (Å²) in [7, 11) is 0. The van der Waals surface area contributed by atoms with Gasteiger partial charge in [-0.2, -0.15) is 0 Å². The first kappa shape index (κ1) is 20.9. The molecule has 2 amide bonds. The number of thiocarbonyl (C=S) groups is 1. The van der Waals surface area contributed by atoms with Crippen LogP contribution in [0.2, 0.25) is 10.0 Å². The molecule has 9 heteroatoms. The van der Waals surface area contributed by atoms with E-state index in [-0.39, 0.29) is 16.8 Å². The molecule has 0 fully saturated rings. The second-order valence-electron chi connectivity index (χ2n) is 5.95. The van der Waals surface area contributed by atoms with E-state index in [9.17, 15) is 9.59 Å². The Kier molecular flexibility index (Phi) is 6.53. The van der Waals surface area contributed by atoms with Gasteiger partial charge in [0.05, 0.1) is 5.02 Å². The molecule has 0 aliphatic rings. The summed E-state index contributed by atoms with van der Waals surface area (Å²) in [6, 6.07) is 15.0. The number of hydrogen-bond acceptors (Lipinski definition) is 4. The van der Waals surface area contributed by atoms with Crippen molar-refractivity contribution in [3.8, 4) is 11.3 Å². The average Bonchev–Trinajstić information content (AvgIpc) is 3.15. The molecule has 3 aromatic rings. The van der Waals surface area contributed by atoms with E-state index >= 15 is 0 Å². The van der Waals surface area contributed by atoms with Crippen molar-refractivity contribution in [1.29, 1.82) is 0 Å². The summed E-state index contributed by atoms with van der Waals surface area (Å²) >= 11 is 17.2. The van der Waals surface area contributed by atoms with Crippen molar-refractivity contribution in [2.75, 3.05) is 10.6 Å². The predicted octanol–water partition coefficient (Wildman–Crippen LogP) is 5.34. The molecule has 1 aromatic heterocycles. The first-order valence-electron chi connectivity index (χ1n) is 8.37. The molecule has 0 aliphatic heterocycles. The number of nitrogens with one attached hydrogen (secondary N) is 3. The molecule has 0 unspecified atom stereocenters. The van der Waals surface area contributed by atoms with Crippen LogP contribution in [0.25, 0.3) is 11.3 Å². The number of carbonyl (C=O) groups excluding carboxylic acids is 2. The van der Waals surface area contributed by atoms with Gasteiger partial charge in [-0.1, -0.05) is 23.2 Å². The van der Waals surface area contributed by atoms with E-state index in [1.54, 1.807) is 54.6 Å². The quantitative estimate of drug-likeness (QED) is 0.470. The fourth-order valence-corrected chi connectivity index (χ4v) is 3.09. The molecule has 1 heterocycles. The third-order valence-corrected chi connectivity index (χ3v) is 4.48. The summed E-state index contributed by atoms with van der Waals surface area (Å²) in [5.74, 6) is -0.106. The maximum absolute atomic E-state index is 12.4. The Hall–Kier alpha value is -2.87. The summed E-state index contributed by atoms with van der Waals surface area (Å²) in [4.78, 5) is 23.4. The Labute approximate surface area is 182 Å². The van der Waals surface area contributed by atoms with Crippen LogP contribution in [0.1, 0.15) is 17.5 Å². The molecule has 0 atom stereocenters. The van der Waals surface area contributed by atoms with Gasteiger partial charge in [0.2, 0.25) is 5.91 Å². The Morgan fingerprint density at radius 1 is 0.931 bits per heavy atom. The SMILES string of the molecule is CC(=O)NC(=S)Nc1ccc(NC(=O)c2ccc(-c3cc(Cl)ccc3Cl)o2)cc1. The number of amides is 2. The molecule has 3 N–H and O–H groups in total. The maximum Gasteiger partial charge on any atom is 0.291 e. The zero-order valence-corrected chi connectivity index (χ0v) is 17.4. The lowest BCUT2D eigenvalue weighted by Crippen LogP contribution is -2.32. The van der Waals surface area contributed by atoms with Crippen LogP contribution >= 0.6 is 35.4 Å². The predicted molar refractivity (Wildman–Crippen MR) is 119 cm³/mol. The van der Waals surface area contributed by atoms with Crippen molar-refractivity contribution in [3.05, 3.63) is 70.4 Å². The molecule has 0 bridgehead atoms. The minimum Gasteiger partial charge on any atom is -0.451 e. The van der Waals surface area contributed by atoms with Crippen LogP contribution in [-0.4, -0.2) is 16.9 Å². The van der Waals surface area contributed by atoms with Crippen LogP contribution in [0.3, 0.4) is 0 Å². The molecule has 0 radical (unpaired) electrons. The number of hydrogen-bond donors (Lipinski definition) is 3. The van der Waals surface area contributed by atoms with Crippen LogP contribution in [0, 0.1) is 0 Å². The van der Waals surface area contributed by atoms with Gasteiger partial charge in [0.25, 0.3) is 5.91 Å². The fraction of sp³-hybridized carbons (Fsp3) is 0.0500. The van der Waals surface area contributed by atoms with Gasteiger partial charge in [0, 0.05) is 28.9 Å². The standard InChI is InChI=1S/C20H15Cl2N3O3S/c1-11(26)23-20(29)25-14-5-3-13(4-6-14)24-19(27)18-9-8-17(28-18)15-10-12(21)2-7-16(15)22/h2-10H,1H3,(H,24,27)(H2,23,25,26,29). The highest BCUT2D eigenvalue weighted by Gasteiger charge is 2.14. The summed E-state index contributed by atoms with van der Waals surface area (Å²) < 4.78 is 5.63. The van der Waals surface area contributed by atoms with E-state index in [2.05, 4.69) is 16.0 Å². The number of carbonyl (C=O) groups is 2. The molecule has 29 heavy (non-hydrogen) atoms. The number of rotatable bonds is 4. The summed E-state index contributed by atoms with van der Waals surface area (Å²) in [6.45, 7) is 1.37. The molecular formula is C20H15Cl2N3O3S. The monoisotopic (exact) mass is 447 g/mol. The molecule has 6 nitrogen and oxygen atoms in total. The molecular weight excluding hydrogens is 433 g/mol. The van der Waals surface area contributed by atoms with Crippen molar-refractivity contribution >= 4 is 63.7 Å². The molecule has 2 aromatic carbocycles. The van der Waals surface area contributed by atoms with Gasteiger partial charge in [-0.05, 0) is 66.8 Å². The van der Waals surface area contributed by atoms with Gasteiger partial charge < -0.3 is 20.4 Å². The van der Waals surface area contributed by atoms with E-state index in [1.807, 2.05) is 0 Å². The number of benzene rings is 2. The zero-order valence-electron chi connectivity index (χ0n) is 15.1. The Morgan fingerprint density at radius 3 is 2.24 bits per heavy atom. The molecule has 0 aliphatic carbocycles. The Morgan fingerprint density at radius 2 is 1.59 bits per heavy atom. The van der Waals surface area contributed by atoms with Gasteiger partial charge in [-0.3, -0.25) is 9.59 Å². The molecule has 3 rings (SSSR count). The lowest BCUT2D eigenvalue weighted by Gasteiger charge is -2.09. The average molecular weight is 448 g/mol. The summed E-state index contributed by atoms with van der Waals surface area (Å²) in [5, 5.41) is 9.24. The second-order valence-corrected chi connectivity index (χ2v) is 7.21. The van der Waals surface area contributed by atoms with Crippen molar-refractivity contribution < 1.29 is 14.0 Å². The Balaban J connectivity index is 1.66. The van der Waals surface area contributed by atoms with Crippen molar-refractivity contribution in [2.45, 2.75) is 6.92 Å². The summed E-state index contributed by atoms with van der Waals surface area (Å²) in [5.41, 5.74) is 1.83. The summed E-state index contributed by atoms with van der Waals surface area (Å²) in [6.07, 6.45) is 0. The highest BCUT2D eigenvalue weighted by atomic mass is 35.5. The third kappa shape index (κ3) is 5.57. The van der Waals surface area contributed by atoms with Gasteiger partial charge in [0.1, 0.15) is 5.76 Å². The van der Waals surface area contributed by atoms with Crippen LogP contribution in [0.5, 0.6) is 0 Å². The first-order valence-corrected chi connectivity index (χ1v) is 9.53. The van der Waals surface area contributed by atoms with Crippen LogP contribution in [0.4, 0.5) is 11.4 Å². The van der Waals surface area contributed by atoms with Gasteiger partial charge in [0.15, 0.2) is 10.9 Å². The second kappa shape index (κ2) is 9.09. The van der Waals surface area contributed by atoms with E-state index in [0.717, 1.165) is 0 Å². The maximum atomic E-state index is 12.4. The lowest BCUT2D eigenvalue weighted by atomic mass is 10.2. The number of furan rings is 1. The fourth-order valence-electron chi connectivity index (χ4n) is 2.44.